The average Bonchev–Trinajstić information content (AvgIpc) is 1.98. The second kappa shape index (κ2) is 62.7. The van der Waals surface area contributed by atoms with Crippen LogP contribution in [0.5, 0.6) is 0 Å². The standard InChI is InChI=1S/3H4N2.O3P/c3*1-2;1-4(2)3/h3*1-2H2;/q;;;-3/p+3. The Morgan fingerprint density at radius 2 is 0.700 bits per heavy atom. The summed E-state index contributed by atoms with van der Waals surface area (Å²) in [4.78, 5) is 25.4. The summed E-state index contributed by atoms with van der Waals surface area (Å²) in [6.45, 7) is 0. The van der Waals surface area contributed by atoms with Crippen LogP contribution >= 0.6 is 8.60 Å². The Kier molecular flexibility index (Phi) is 141. The van der Waals surface area contributed by atoms with Crippen molar-refractivity contribution < 1.29 is 32.2 Å². The first-order valence-electron chi connectivity index (χ1n) is 1.77. The Hall–Kier alpha value is 0.0700. The van der Waals surface area contributed by atoms with E-state index in [2.05, 4.69) is 35.1 Å². The van der Waals surface area contributed by atoms with Crippen LogP contribution in [0.4, 0.5) is 0 Å². The summed E-state index contributed by atoms with van der Waals surface area (Å²) in [5.41, 5.74) is 0. The van der Waals surface area contributed by atoms with Gasteiger partial charge in [0.1, 0.15) is 0 Å². The summed E-state index contributed by atoms with van der Waals surface area (Å²) in [5, 5.41) is 0. The van der Waals surface area contributed by atoms with Crippen molar-refractivity contribution in [2.45, 2.75) is 0 Å². The third-order valence-electron chi connectivity index (χ3n) is 0. The summed E-state index contributed by atoms with van der Waals surface area (Å²) < 4.78 is 0. The molecular weight excluding hydrogens is 163 g/mol. The predicted molar refractivity (Wildman–Crippen MR) is 28.1 cm³/mol. The fourth-order valence-electron chi connectivity index (χ4n) is 0. The van der Waals surface area contributed by atoms with Crippen LogP contribution in [0, 0.1) is 0 Å². The van der Waals surface area contributed by atoms with Gasteiger partial charge in [-0.05, 0) is 0 Å². The fourth-order valence-corrected chi connectivity index (χ4v) is 0. The molecule has 0 aromatic heterocycles. The molecule has 0 atom stereocenters. The second-order valence-electron chi connectivity index (χ2n) is 0.224. The largest absolute Gasteiger partial charge is 0.854 e. The van der Waals surface area contributed by atoms with Crippen LogP contribution in [0.2, 0.25) is 0 Å². The molecule has 10 heteroatoms. The molecule has 0 amide bonds. The van der Waals surface area contributed by atoms with Crippen LogP contribution in [0.25, 0.3) is 0 Å². The minimum atomic E-state index is -3.37. The fraction of sp³-hybridized carbons (Fsp3) is 0. The van der Waals surface area contributed by atoms with E-state index in [4.69, 9.17) is 14.7 Å². The lowest BCUT2D eigenvalue weighted by Crippen LogP contribution is -2.59. The summed E-state index contributed by atoms with van der Waals surface area (Å²) >= 11 is 0. The van der Waals surface area contributed by atoms with E-state index >= 15 is 0 Å². The predicted octanol–water partition coefficient (Wildman–Crippen LogP) is -8.40. The molecule has 15 N–H and O–H groups in total. The molecule has 0 aromatic rings. The lowest BCUT2D eigenvalue weighted by molar-refractivity contribution is -0.407. The molecule has 68 valence electrons. The van der Waals surface area contributed by atoms with E-state index in [1.165, 1.54) is 0 Å². The van der Waals surface area contributed by atoms with Crippen molar-refractivity contribution in [1.29, 1.82) is 0 Å². The molecule has 10 heavy (non-hydrogen) atoms. The zero-order valence-corrected chi connectivity index (χ0v) is 6.42. The van der Waals surface area contributed by atoms with Crippen LogP contribution in [0.15, 0.2) is 0 Å². The molecule has 0 spiro atoms. The summed E-state index contributed by atoms with van der Waals surface area (Å²) in [7, 11) is -3.37. The van der Waals surface area contributed by atoms with Gasteiger partial charge < -0.3 is 23.3 Å². The van der Waals surface area contributed by atoms with E-state index in [0.29, 0.717) is 0 Å². The van der Waals surface area contributed by atoms with Crippen molar-refractivity contribution in [3.8, 4) is 0 Å². The maximum absolute atomic E-state index is 8.48. The molecule has 0 heterocycles. The Balaban J connectivity index is -0.0000000262. The maximum Gasteiger partial charge on any atom is -0.185 e. The Morgan fingerprint density at radius 3 is 0.700 bits per heavy atom. The van der Waals surface area contributed by atoms with Crippen LogP contribution < -0.4 is 49.7 Å². The average molecular weight is 178 g/mol. The molecule has 0 fully saturated rings. The first-order valence-corrected chi connectivity index (χ1v) is 2.87. The van der Waals surface area contributed by atoms with Gasteiger partial charge in [-0.1, -0.05) is 0 Å². The van der Waals surface area contributed by atoms with Crippen molar-refractivity contribution >= 4 is 8.60 Å². The van der Waals surface area contributed by atoms with Gasteiger partial charge in [0.25, 0.3) is 0 Å². The molecule has 0 saturated carbocycles. The van der Waals surface area contributed by atoms with Gasteiger partial charge in [-0.15, -0.1) is 0 Å². The highest BCUT2D eigenvalue weighted by Gasteiger charge is 1.10. The van der Waals surface area contributed by atoms with Crippen LogP contribution in [-0.4, -0.2) is 0 Å². The van der Waals surface area contributed by atoms with E-state index in [1.807, 2.05) is 0 Å². The van der Waals surface area contributed by atoms with E-state index in [0.717, 1.165) is 0 Å². The van der Waals surface area contributed by atoms with Gasteiger partial charge in [-0.25, -0.2) is 0 Å². The lowest BCUT2D eigenvalue weighted by Gasteiger charge is -2.39. The molecule has 9 nitrogen and oxygen atoms in total. The lowest BCUT2D eigenvalue weighted by atomic mass is 13.0. The molecule has 0 aromatic carbocycles. The Labute approximate surface area is 59.5 Å². The monoisotopic (exact) mass is 178 g/mol. The smallest absolute Gasteiger partial charge is 0.185 e. The SMILES string of the molecule is N[NH3+].N[NH3+].N[NH3+].[O-]P([O-])[O-]. The number of hydrogen-bond donors (Lipinski definition) is 6. The van der Waals surface area contributed by atoms with Crippen molar-refractivity contribution in [2.75, 3.05) is 0 Å². The van der Waals surface area contributed by atoms with Crippen molar-refractivity contribution in [3.05, 3.63) is 0 Å². The van der Waals surface area contributed by atoms with Gasteiger partial charge in [-0.3, -0.25) is 17.5 Å². The molecule has 0 saturated heterocycles. The van der Waals surface area contributed by atoms with E-state index in [1.54, 1.807) is 0 Å². The number of rotatable bonds is 0. The quantitative estimate of drug-likeness (QED) is 0.119. The van der Waals surface area contributed by atoms with Crippen molar-refractivity contribution in [3.63, 3.8) is 0 Å². The molecule has 0 radical (unpaired) electrons. The molecule has 0 rings (SSSR count). The third-order valence-corrected chi connectivity index (χ3v) is 0. The third kappa shape index (κ3) is 82300. The first-order chi connectivity index (χ1) is 4.73. The van der Waals surface area contributed by atoms with E-state index in [-0.39, 0.29) is 0 Å². The molecule has 0 bridgehead atoms. The molecular formula is H15N6O3P. The minimum Gasteiger partial charge on any atom is -0.854 e. The maximum atomic E-state index is 8.48. The topological polar surface area (TPSA) is 230 Å². The van der Waals surface area contributed by atoms with Crippen LogP contribution in [0.1, 0.15) is 0 Å². The summed E-state index contributed by atoms with van der Waals surface area (Å²) in [6, 6.07) is 0. The summed E-state index contributed by atoms with van der Waals surface area (Å²) in [5.74, 6) is 21.0. The minimum absolute atomic E-state index is 2.75. The highest BCUT2D eigenvalue weighted by molar-refractivity contribution is 7.33. The van der Waals surface area contributed by atoms with Gasteiger partial charge in [-0.2, -0.15) is 17.5 Å². The molecule has 0 aliphatic heterocycles. The van der Waals surface area contributed by atoms with Crippen molar-refractivity contribution in [1.82, 2.24) is 0 Å². The molecule has 0 aliphatic carbocycles. The van der Waals surface area contributed by atoms with E-state index < -0.39 is 8.60 Å². The highest BCUT2D eigenvalue weighted by Crippen LogP contribution is 1.85. The van der Waals surface area contributed by atoms with Crippen LogP contribution in [0.3, 0.4) is 0 Å². The van der Waals surface area contributed by atoms with Gasteiger partial charge in [0, 0.05) is 0 Å². The molecule has 0 aliphatic rings. The highest BCUT2D eigenvalue weighted by atomic mass is 31.2. The summed E-state index contributed by atoms with van der Waals surface area (Å²) in [6.07, 6.45) is 0. The zero-order valence-electron chi connectivity index (χ0n) is 5.53. The number of hydrogen-bond acceptors (Lipinski definition) is 6. The zero-order chi connectivity index (χ0) is 9.58. The normalized spacial score (nSPS) is 5.40. The van der Waals surface area contributed by atoms with Gasteiger partial charge in [0.15, 0.2) is 0 Å². The van der Waals surface area contributed by atoms with Crippen LogP contribution in [-0.2, 0) is 0 Å². The first kappa shape index (κ1) is 22.5. The molecule has 0 unspecified atom stereocenters. The van der Waals surface area contributed by atoms with Gasteiger partial charge >= 0.3 is 0 Å². The number of quaternary nitrogens is 3. The Morgan fingerprint density at radius 1 is 0.700 bits per heavy atom. The Bertz CT molecular complexity index is 17.7. The van der Waals surface area contributed by atoms with E-state index in [9.17, 15) is 0 Å². The van der Waals surface area contributed by atoms with Gasteiger partial charge in [0.05, 0.1) is 0 Å². The number of nitrogens with two attached hydrogens (primary N) is 3. The van der Waals surface area contributed by atoms with Crippen molar-refractivity contribution in [2.24, 2.45) is 17.5 Å². The second-order valence-corrected chi connectivity index (χ2v) is 0.671. The van der Waals surface area contributed by atoms with Gasteiger partial charge in [0.2, 0.25) is 0 Å².